The highest BCUT2D eigenvalue weighted by Gasteiger charge is 2.30. The van der Waals surface area contributed by atoms with Crippen molar-refractivity contribution in [3.05, 3.63) is 35.9 Å². The maximum Gasteiger partial charge on any atom is 0.164 e. The average molecular weight is 207 g/mol. The molecule has 3 nitrogen and oxygen atoms in total. The predicted octanol–water partition coefficient (Wildman–Crippen LogP) is 1.49. The highest BCUT2D eigenvalue weighted by molar-refractivity contribution is 5.19. The van der Waals surface area contributed by atoms with E-state index >= 15 is 0 Å². The summed E-state index contributed by atoms with van der Waals surface area (Å²) in [5.74, 6) is 0.253. The van der Waals surface area contributed by atoms with Gasteiger partial charge >= 0.3 is 0 Å². The van der Waals surface area contributed by atoms with Gasteiger partial charge in [0, 0.05) is 12.5 Å². The first-order valence-corrected chi connectivity index (χ1v) is 5.33. The van der Waals surface area contributed by atoms with Gasteiger partial charge in [-0.3, -0.25) is 0 Å². The van der Waals surface area contributed by atoms with Crippen molar-refractivity contribution in [2.45, 2.75) is 25.2 Å². The molecular weight excluding hydrogens is 190 g/mol. The molecule has 1 fully saturated rings. The van der Waals surface area contributed by atoms with E-state index in [2.05, 4.69) is 19.1 Å². The first kappa shape index (κ1) is 10.6. The molecule has 0 aromatic heterocycles. The molecule has 0 spiro atoms. The van der Waals surface area contributed by atoms with E-state index in [1.54, 1.807) is 0 Å². The fourth-order valence-corrected chi connectivity index (χ4v) is 1.77. The van der Waals surface area contributed by atoms with E-state index in [1.807, 2.05) is 18.2 Å². The molecule has 1 heterocycles. The van der Waals surface area contributed by atoms with Gasteiger partial charge in [0.2, 0.25) is 0 Å². The van der Waals surface area contributed by atoms with Crippen molar-refractivity contribution < 1.29 is 9.47 Å². The minimum atomic E-state index is -0.152. The summed E-state index contributed by atoms with van der Waals surface area (Å²) < 4.78 is 11.2. The van der Waals surface area contributed by atoms with Crippen LogP contribution in [0.4, 0.5) is 0 Å². The van der Waals surface area contributed by atoms with Crippen molar-refractivity contribution in [3.8, 4) is 0 Å². The van der Waals surface area contributed by atoms with E-state index in [4.69, 9.17) is 15.2 Å². The molecule has 82 valence electrons. The number of hydrogen-bond acceptors (Lipinski definition) is 3. The number of hydrogen-bond donors (Lipinski definition) is 1. The molecule has 2 rings (SSSR count). The van der Waals surface area contributed by atoms with Gasteiger partial charge in [0.25, 0.3) is 0 Å². The van der Waals surface area contributed by atoms with Crippen LogP contribution in [0, 0.1) is 0 Å². The Morgan fingerprint density at radius 2 is 2.13 bits per heavy atom. The van der Waals surface area contributed by atoms with Crippen LogP contribution in [0.25, 0.3) is 0 Å². The Balaban J connectivity index is 2.00. The zero-order chi connectivity index (χ0) is 10.7. The second kappa shape index (κ2) is 4.75. The van der Waals surface area contributed by atoms with Crippen molar-refractivity contribution >= 4 is 0 Å². The molecule has 1 aliphatic heterocycles. The van der Waals surface area contributed by atoms with E-state index in [9.17, 15) is 0 Å². The fraction of sp³-hybridized carbons (Fsp3) is 0.500. The van der Waals surface area contributed by atoms with E-state index in [-0.39, 0.29) is 18.3 Å². The lowest BCUT2D eigenvalue weighted by atomic mass is 10.0. The Labute approximate surface area is 90.2 Å². The smallest absolute Gasteiger partial charge is 0.164 e. The van der Waals surface area contributed by atoms with Gasteiger partial charge < -0.3 is 15.2 Å². The van der Waals surface area contributed by atoms with Gasteiger partial charge in [0.1, 0.15) is 0 Å². The number of ether oxygens (including phenoxy) is 2. The SMILES string of the molecule is CC(c1ccccc1)C1OCC(CN)O1. The van der Waals surface area contributed by atoms with Gasteiger partial charge in [0.05, 0.1) is 12.7 Å². The van der Waals surface area contributed by atoms with Gasteiger partial charge in [-0.25, -0.2) is 0 Å². The van der Waals surface area contributed by atoms with Gasteiger partial charge in [-0.1, -0.05) is 37.3 Å². The summed E-state index contributed by atoms with van der Waals surface area (Å²) in [6, 6.07) is 10.2. The van der Waals surface area contributed by atoms with Crippen LogP contribution >= 0.6 is 0 Å². The summed E-state index contributed by atoms with van der Waals surface area (Å²) in [5, 5.41) is 0. The molecular formula is C12H17NO2. The van der Waals surface area contributed by atoms with E-state index in [1.165, 1.54) is 5.56 Å². The van der Waals surface area contributed by atoms with E-state index in [0.717, 1.165) is 0 Å². The molecule has 0 aliphatic carbocycles. The molecule has 2 N–H and O–H groups in total. The monoisotopic (exact) mass is 207 g/mol. The lowest BCUT2D eigenvalue weighted by Crippen LogP contribution is -2.24. The topological polar surface area (TPSA) is 44.5 Å². The molecule has 15 heavy (non-hydrogen) atoms. The first-order chi connectivity index (χ1) is 7.31. The summed E-state index contributed by atoms with van der Waals surface area (Å²) >= 11 is 0. The molecule has 3 atom stereocenters. The van der Waals surface area contributed by atoms with E-state index < -0.39 is 0 Å². The number of nitrogens with two attached hydrogens (primary N) is 1. The molecule has 1 saturated heterocycles. The van der Waals surface area contributed by atoms with Crippen LogP contribution in [0.2, 0.25) is 0 Å². The van der Waals surface area contributed by atoms with Gasteiger partial charge in [0.15, 0.2) is 6.29 Å². The molecule has 3 unspecified atom stereocenters. The normalized spacial score (nSPS) is 27.9. The second-order valence-corrected chi connectivity index (χ2v) is 3.89. The largest absolute Gasteiger partial charge is 0.349 e. The fourth-order valence-electron chi connectivity index (χ4n) is 1.77. The molecule has 0 radical (unpaired) electrons. The molecule has 0 amide bonds. The zero-order valence-corrected chi connectivity index (χ0v) is 8.93. The van der Waals surface area contributed by atoms with Crippen LogP contribution in [0.1, 0.15) is 18.4 Å². The van der Waals surface area contributed by atoms with E-state index in [0.29, 0.717) is 13.2 Å². The van der Waals surface area contributed by atoms with Crippen LogP contribution in [0.3, 0.4) is 0 Å². The Morgan fingerprint density at radius 1 is 1.40 bits per heavy atom. The minimum absolute atomic E-state index is 0.0566. The van der Waals surface area contributed by atoms with Crippen molar-refractivity contribution in [1.82, 2.24) is 0 Å². The molecule has 1 aliphatic rings. The lowest BCUT2D eigenvalue weighted by molar-refractivity contribution is -0.0703. The number of benzene rings is 1. The Hall–Kier alpha value is -0.900. The lowest BCUT2D eigenvalue weighted by Gasteiger charge is -2.18. The molecule has 0 bridgehead atoms. The van der Waals surface area contributed by atoms with Crippen LogP contribution in [-0.2, 0) is 9.47 Å². The zero-order valence-electron chi connectivity index (χ0n) is 8.93. The van der Waals surface area contributed by atoms with Gasteiger partial charge in [-0.05, 0) is 5.56 Å². The predicted molar refractivity (Wildman–Crippen MR) is 58.5 cm³/mol. The third-order valence-corrected chi connectivity index (χ3v) is 2.77. The molecule has 1 aromatic carbocycles. The average Bonchev–Trinajstić information content (AvgIpc) is 2.78. The quantitative estimate of drug-likeness (QED) is 0.816. The summed E-state index contributed by atoms with van der Waals surface area (Å²) in [4.78, 5) is 0. The highest BCUT2D eigenvalue weighted by atomic mass is 16.7. The third kappa shape index (κ3) is 2.37. The van der Waals surface area contributed by atoms with Crippen LogP contribution in [0.5, 0.6) is 0 Å². The molecule has 0 saturated carbocycles. The van der Waals surface area contributed by atoms with Crippen LogP contribution in [-0.4, -0.2) is 25.5 Å². The van der Waals surface area contributed by atoms with Crippen molar-refractivity contribution in [3.63, 3.8) is 0 Å². The summed E-state index contributed by atoms with van der Waals surface area (Å²) in [6.07, 6.45) is -0.0953. The maximum atomic E-state index is 5.68. The number of rotatable bonds is 3. The molecule has 1 aromatic rings. The van der Waals surface area contributed by atoms with Crippen LogP contribution in [0.15, 0.2) is 30.3 Å². The summed E-state index contributed by atoms with van der Waals surface area (Å²) in [6.45, 7) is 3.25. The Bertz CT molecular complexity index is 302. The van der Waals surface area contributed by atoms with Gasteiger partial charge in [-0.15, -0.1) is 0 Å². The van der Waals surface area contributed by atoms with Gasteiger partial charge in [-0.2, -0.15) is 0 Å². The minimum Gasteiger partial charge on any atom is -0.349 e. The molecule has 3 heteroatoms. The summed E-state index contributed by atoms with van der Waals surface area (Å²) in [5.41, 5.74) is 6.77. The third-order valence-electron chi connectivity index (χ3n) is 2.77. The standard InChI is InChI=1S/C12H17NO2/c1-9(10-5-3-2-4-6-10)12-14-8-11(7-13)15-12/h2-6,9,11-12H,7-8,13H2,1H3. The maximum absolute atomic E-state index is 5.68. The van der Waals surface area contributed by atoms with Crippen molar-refractivity contribution in [2.24, 2.45) is 5.73 Å². The second-order valence-electron chi connectivity index (χ2n) is 3.89. The van der Waals surface area contributed by atoms with Crippen molar-refractivity contribution in [2.75, 3.05) is 13.2 Å². The first-order valence-electron chi connectivity index (χ1n) is 5.33. The Kier molecular flexibility index (Phi) is 3.36. The van der Waals surface area contributed by atoms with Crippen LogP contribution < -0.4 is 5.73 Å². The highest BCUT2D eigenvalue weighted by Crippen LogP contribution is 2.26. The summed E-state index contributed by atoms with van der Waals surface area (Å²) in [7, 11) is 0. The Morgan fingerprint density at radius 3 is 2.73 bits per heavy atom. The van der Waals surface area contributed by atoms with Crippen molar-refractivity contribution in [1.29, 1.82) is 0 Å².